The van der Waals surface area contributed by atoms with Crippen molar-refractivity contribution in [3.63, 3.8) is 0 Å². The second-order valence-corrected chi connectivity index (χ2v) is 9.33. The molecular weight excluding hydrogens is 300 g/mol. The van der Waals surface area contributed by atoms with E-state index < -0.39 is 0 Å². The summed E-state index contributed by atoms with van der Waals surface area (Å²) in [6.07, 6.45) is 7.07. The summed E-state index contributed by atoms with van der Waals surface area (Å²) in [6, 6.07) is 0. The third-order valence-electron chi connectivity index (χ3n) is 8.48. The number of carbonyl (C=O) groups excluding carboxylic acids is 2. The molecule has 132 valence electrons. The third-order valence-corrected chi connectivity index (χ3v) is 8.48. The normalized spacial score (nSPS) is 50.8. The van der Waals surface area contributed by atoms with E-state index in [1.54, 1.807) is 0 Å². The lowest BCUT2D eigenvalue weighted by molar-refractivity contribution is -0.140. The molecule has 3 fully saturated rings. The van der Waals surface area contributed by atoms with Gasteiger partial charge in [-0.1, -0.05) is 26.3 Å². The van der Waals surface area contributed by atoms with Gasteiger partial charge in [0, 0.05) is 23.7 Å². The lowest BCUT2D eigenvalue weighted by Crippen LogP contribution is -2.57. The van der Waals surface area contributed by atoms with Gasteiger partial charge in [-0.15, -0.1) is 0 Å². The van der Waals surface area contributed by atoms with Crippen LogP contribution in [0.4, 0.5) is 0 Å². The molecule has 2 unspecified atom stereocenters. The number of ketones is 2. The smallest absolute Gasteiger partial charge is 0.155 e. The van der Waals surface area contributed by atoms with E-state index in [2.05, 4.69) is 20.8 Å². The fourth-order valence-corrected chi connectivity index (χ4v) is 7.26. The predicted octanol–water partition coefficient (Wildman–Crippen LogP) is 3.55. The maximum absolute atomic E-state index is 12.5. The fourth-order valence-electron chi connectivity index (χ4n) is 7.26. The Kier molecular flexibility index (Phi) is 3.62. The second kappa shape index (κ2) is 5.27. The summed E-state index contributed by atoms with van der Waals surface area (Å²) in [7, 11) is 0. The number of fused-ring (bicyclic) bond motifs is 5. The average Bonchev–Trinajstić information content (AvgIpc) is 2.82. The van der Waals surface area contributed by atoms with Crippen molar-refractivity contribution in [3.05, 3.63) is 11.6 Å². The molecular formula is C21H30O3. The van der Waals surface area contributed by atoms with Gasteiger partial charge < -0.3 is 5.11 Å². The minimum atomic E-state index is -0.224. The third kappa shape index (κ3) is 1.88. The minimum absolute atomic E-state index is 0.138. The number of carbonyl (C=O) groups is 2. The zero-order valence-corrected chi connectivity index (χ0v) is 15.2. The second-order valence-electron chi connectivity index (χ2n) is 9.33. The van der Waals surface area contributed by atoms with Gasteiger partial charge in [-0.05, 0) is 61.3 Å². The van der Waals surface area contributed by atoms with E-state index in [1.807, 2.05) is 6.08 Å². The molecule has 24 heavy (non-hydrogen) atoms. The highest BCUT2D eigenvalue weighted by atomic mass is 16.3. The van der Waals surface area contributed by atoms with Crippen LogP contribution in [0.2, 0.25) is 0 Å². The molecule has 0 bridgehead atoms. The summed E-state index contributed by atoms with van der Waals surface area (Å²) in [5, 5.41) is 10.5. The van der Waals surface area contributed by atoms with Gasteiger partial charge >= 0.3 is 0 Å². The molecule has 0 heterocycles. The summed E-state index contributed by atoms with van der Waals surface area (Å²) in [5.41, 5.74) is 0.842. The van der Waals surface area contributed by atoms with Gasteiger partial charge in [0.25, 0.3) is 0 Å². The molecule has 4 aliphatic rings. The lowest BCUT2D eigenvalue weighted by atomic mass is 9.43. The van der Waals surface area contributed by atoms with Crippen molar-refractivity contribution >= 4 is 11.6 Å². The molecule has 4 aliphatic carbocycles. The lowest BCUT2D eigenvalue weighted by Gasteiger charge is -2.61. The predicted molar refractivity (Wildman–Crippen MR) is 92.2 cm³/mol. The Hall–Kier alpha value is -0.960. The molecule has 0 aromatic heterocycles. The van der Waals surface area contributed by atoms with Crippen molar-refractivity contribution in [2.75, 3.05) is 6.61 Å². The maximum atomic E-state index is 12.5. The van der Waals surface area contributed by atoms with Gasteiger partial charge in [0.2, 0.25) is 0 Å². The molecule has 3 saturated carbocycles. The van der Waals surface area contributed by atoms with Crippen LogP contribution in [0.1, 0.15) is 59.3 Å². The highest BCUT2D eigenvalue weighted by Crippen LogP contribution is 2.66. The van der Waals surface area contributed by atoms with Crippen LogP contribution in [0, 0.1) is 40.4 Å². The van der Waals surface area contributed by atoms with Gasteiger partial charge in [-0.2, -0.15) is 0 Å². The first kappa shape index (κ1) is 16.5. The van der Waals surface area contributed by atoms with Crippen LogP contribution in [0.15, 0.2) is 11.6 Å². The van der Waals surface area contributed by atoms with E-state index in [0.717, 1.165) is 32.1 Å². The fraction of sp³-hybridized carbons (Fsp3) is 0.810. The molecule has 3 heteroatoms. The highest BCUT2D eigenvalue weighted by molar-refractivity contribution is 5.92. The first-order valence-corrected chi connectivity index (χ1v) is 9.72. The molecule has 0 aromatic carbocycles. The van der Waals surface area contributed by atoms with Crippen molar-refractivity contribution in [3.8, 4) is 0 Å². The highest BCUT2D eigenvalue weighted by Gasteiger charge is 2.63. The Morgan fingerprint density at radius 2 is 1.92 bits per heavy atom. The summed E-state index contributed by atoms with van der Waals surface area (Å²) < 4.78 is 0. The molecule has 3 nitrogen and oxygen atoms in total. The van der Waals surface area contributed by atoms with E-state index in [-0.39, 0.29) is 29.1 Å². The van der Waals surface area contributed by atoms with Crippen molar-refractivity contribution in [2.24, 2.45) is 40.4 Å². The summed E-state index contributed by atoms with van der Waals surface area (Å²) in [5.74, 6) is 2.78. The molecule has 0 aromatic rings. The standard InChI is InChI=1S/C21H30O3/c1-12-8-14-10-15(23)9-13(2)21(14,11-22)17-6-7-20(3)16(19(12)17)4-5-18(20)24/h10,12-13,16-17,19,22H,4-9,11H2,1-3H3/t12?,13?,16-,17+,19-,20-,21-/m0/s1. The van der Waals surface area contributed by atoms with Crippen LogP contribution in [0.3, 0.4) is 0 Å². The number of rotatable bonds is 1. The van der Waals surface area contributed by atoms with Crippen LogP contribution in [-0.2, 0) is 9.59 Å². The van der Waals surface area contributed by atoms with E-state index >= 15 is 0 Å². The molecule has 0 radical (unpaired) electrons. The van der Waals surface area contributed by atoms with Gasteiger partial charge in [0.1, 0.15) is 5.78 Å². The molecule has 0 spiro atoms. The number of aliphatic hydroxyl groups is 1. The molecule has 0 saturated heterocycles. The van der Waals surface area contributed by atoms with Crippen molar-refractivity contribution in [1.29, 1.82) is 0 Å². The van der Waals surface area contributed by atoms with Gasteiger partial charge in [0.05, 0.1) is 6.61 Å². The van der Waals surface area contributed by atoms with Gasteiger partial charge in [-0.3, -0.25) is 9.59 Å². The van der Waals surface area contributed by atoms with Crippen molar-refractivity contribution in [2.45, 2.75) is 59.3 Å². The minimum Gasteiger partial charge on any atom is -0.395 e. The van der Waals surface area contributed by atoms with Gasteiger partial charge in [0.15, 0.2) is 5.78 Å². The topological polar surface area (TPSA) is 54.4 Å². The van der Waals surface area contributed by atoms with Crippen LogP contribution in [0.5, 0.6) is 0 Å². The summed E-state index contributed by atoms with van der Waals surface area (Å²) in [4.78, 5) is 24.7. The quantitative estimate of drug-likeness (QED) is 0.800. The summed E-state index contributed by atoms with van der Waals surface area (Å²) >= 11 is 0. The molecule has 1 N–H and O–H groups in total. The Morgan fingerprint density at radius 3 is 2.62 bits per heavy atom. The van der Waals surface area contributed by atoms with Crippen molar-refractivity contribution < 1.29 is 14.7 Å². The number of hydrogen-bond acceptors (Lipinski definition) is 3. The Balaban J connectivity index is 1.81. The molecule has 7 atom stereocenters. The molecule has 4 rings (SSSR count). The van der Waals surface area contributed by atoms with Crippen molar-refractivity contribution in [1.82, 2.24) is 0 Å². The number of aliphatic hydroxyl groups excluding tert-OH is 1. The summed E-state index contributed by atoms with van der Waals surface area (Å²) in [6.45, 7) is 6.80. The van der Waals surface area contributed by atoms with Gasteiger partial charge in [-0.25, -0.2) is 0 Å². The van der Waals surface area contributed by atoms with Crippen LogP contribution in [0.25, 0.3) is 0 Å². The molecule has 0 aliphatic heterocycles. The number of Topliss-reactive ketones (excluding diaryl/α,β-unsaturated/α-hetero) is 1. The Morgan fingerprint density at radius 1 is 1.17 bits per heavy atom. The largest absolute Gasteiger partial charge is 0.395 e. The Bertz CT molecular complexity index is 621. The number of hydrogen-bond donors (Lipinski definition) is 1. The Labute approximate surface area is 144 Å². The van der Waals surface area contributed by atoms with Crippen LogP contribution < -0.4 is 0 Å². The van der Waals surface area contributed by atoms with E-state index in [4.69, 9.17) is 0 Å². The molecule has 0 amide bonds. The first-order valence-electron chi connectivity index (χ1n) is 9.72. The van der Waals surface area contributed by atoms with E-state index in [0.29, 0.717) is 35.9 Å². The monoisotopic (exact) mass is 330 g/mol. The SMILES string of the molecule is CC1CC2=CC(=O)CC(C)[C@]2(CO)[C@@H]2CC[C@]3(C)C(=O)CC[C@H]3[C@H]12. The van der Waals surface area contributed by atoms with E-state index in [1.165, 1.54) is 5.57 Å². The van der Waals surface area contributed by atoms with Crippen LogP contribution in [-0.4, -0.2) is 23.3 Å². The maximum Gasteiger partial charge on any atom is 0.155 e. The average molecular weight is 330 g/mol. The zero-order chi connectivity index (χ0) is 17.3. The first-order chi connectivity index (χ1) is 11.3. The zero-order valence-electron chi connectivity index (χ0n) is 15.2. The van der Waals surface area contributed by atoms with Crippen LogP contribution >= 0.6 is 0 Å². The van der Waals surface area contributed by atoms with E-state index in [9.17, 15) is 14.7 Å².